The van der Waals surface area contributed by atoms with Gasteiger partial charge >= 0.3 is 0 Å². The van der Waals surface area contributed by atoms with E-state index < -0.39 is 0 Å². The third-order valence-electron chi connectivity index (χ3n) is 2.90. The molecule has 0 atom stereocenters. The fourth-order valence-corrected chi connectivity index (χ4v) is 1.76. The number of aryl methyl sites for hydroxylation is 3. The summed E-state index contributed by atoms with van der Waals surface area (Å²) in [6, 6.07) is 7.78. The second-order valence-corrected chi connectivity index (χ2v) is 4.51. The average Bonchev–Trinajstić information content (AvgIpc) is 2.29. The molecule has 2 aromatic rings. The van der Waals surface area contributed by atoms with Crippen LogP contribution < -0.4 is 10.9 Å². The minimum atomic E-state index is -0.134. The molecule has 4 heteroatoms. The van der Waals surface area contributed by atoms with Crippen LogP contribution in [0.15, 0.2) is 29.1 Å². The summed E-state index contributed by atoms with van der Waals surface area (Å²) in [5.74, 6) is 0.512. The number of H-pyrrole nitrogens is 1. The van der Waals surface area contributed by atoms with E-state index in [1.54, 1.807) is 6.92 Å². The number of nitrogens with zero attached hydrogens (tertiary/aromatic N) is 1. The van der Waals surface area contributed by atoms with Crippen molar-refractivity contribution in [1.29, 1.82) is 0 Å². The van der Waals surface area contributed by atoms with Crippen molar-refractivity contribution in [1.82, 2.24) is 9.97 Å². The van der Waals surface area contributed by atoms with E-state index in [2.05, 4.69) is 47.3 Å². The minimum absolute atomic E-state index is 0.134. The maximum absolute atomic E-state index is 11.3. The fraction of sp³-hybridized carbons (Fsp3) is 0.286. The van der Waals surface area contributed by atoms with Gasteiger partial charge in [0.15, 0.2) is 0 Å². The lowest BCUT2D eigenvalue weighted by molar-refractivity contribution is 1.01. The standard InChI is InChI=1S/C14H17N3O/c1-9-4-5-12(6-10(9)2)8-15-14-16-11(3)7-13(18)17-14/h4-7H,8H2,1-3H3,(H2,15,16,17,18). The van der Waals surface area contributed by atoms with Gasteiger partial charge in [0.2, 0.25) is 5.95 Å². The molecule has 0 aliphatic carbocycles. The number of aromatic nitrogens is 2. The van der Waals surface area contributed by atoms with Crippen molar-refractivity contribution < 1.29 is 0 Å². The minimum Gasteiger partial charge on any atom is -0.352 e. The third-order valence-corrected chi connectivity index (χ3v) is 2.90. The second-order valence-electron chi connectivity index (χ2n) is 4.51. The van der Waals surface area contributed by atoms with Gasteiger partial charge in [0.25, 0.3) is 5.56 Å². The highest BCUT2D eigenvalue weighted by Crippen LogP contribution is 2.10. The molecule has 4 nitrogen and oxygen atoms in total. The Morgan fingerprint density at radius 3 is 2.61 bits per heavy atom. The smallest absolute Gasteiger partial charge is 0.252 e. The number of nitrogens with one attached hydrogen (secondary N) is 2. The van der Waals surface area contributed by atoms with Crippen LogP contribution in [0.4, 0.5) is 5.95 Å². The van der Waals surface area contributed by atoms with Gasteiger partial charge in [-0.15, -0.1) is 0 Å². The van der Waals surface area contributed by atoms with Crippen molar-refractivity contribution in [3.05, 3.63) is 57.0 Å². The lowest BCUT2D eigenvalue weighted by atomic mass is 10.1. The molecular formula is C14H17N3O. The summed E-state index contributed by atoms with van der Waals surface area (Å²) in [4.78, 5) is 18.2. The summed E-state index contributed by atoms with van der Waals surface area (Å²) < 4.78 is 0. The first-order valence-corrected chi connectivity index (χ1v) is 5.92. The molecule has 0 unspecified atom stereocenters. The lowest BCUT2D eigenvalue weighted by Crippen LogP contribution is -2.12. The van der Waals surface area contributed by atoms with Gasteiger partial charge in [0.05, 0.1) is 0 Å². The molecular weight excluding hydrogens is 226 g/mol. The zero-order valence-corrected chi connectivity index (χ0v) is 10.9. The van der Waals surface area contributed by atoms with Gasteiger partial charge in [-0.05, 0) is 37.5 Å². The summed E-state index contributed by atoms with van der Waals surface area (Å²) >= 11 is 0. The van der Waals surface area contributed by atoms with Gasteiger partial charge in [0.1, 0.15) is 0 Å². The quantitative estimate of drug-likeness (QED) is 0.869. The molecule has 0 saturated heterocycles. The van der Waals surface area contributed by atoms with Gasteiger partial charge in [0, 0.05) is 18.3 Å². The lowest BCUT2D eigenvalue weighted by Gasteiger charge is -2.08. The normalized spacial score (nSPS) is 10.4. The van der Waals surface area contributed by atoms with Crippen LogP contribution >= 0.6 is 0 Å². The van der Waals surface area contributed by atoms with Crippen LogP contribution in [0.3, 0.4) is 0 Å². The Balaban J connectivity index is 2.11. The summed E-state index contributed by atoms with van der Waals surface area (Å²) in [6.45, 7) is 6.63. The molecule has 0 fully saturated rings. The molecule has 1 aromatic carbocycles. The first-order chi connectivity index (χ1) is 8.54. The molecule has 0 bridgehead atoms. The van der Waals surface area contributed by atoms with Crippen LogP contribution in [-0.4, -0.2) is 9.97 Å². The molecule has 0 radical (unpaired) electrons. The van der Waals surface area contributed by atoms with Crippen molar-refractivity contribution in [2.75, 3.05) is 5.32 Å². The highest BCUT2D eigenvalue weighted by molar-refractivity contribution is 5.33. The van der Waals surface area contributed by atoms with Crippen LogP contribution in [0, 0.1) is 20.8 Å². The topological polar surface area (TPSA) is 57.8 Å². The Hall–Kier alpha value is -2.10. The Bertz CT molecular complexity index is 617. The predicted octanol–water partition coefficient (Wildman–Crippen LogP) is 2.31. The van der Waals surface area contributed by atoms with Crippen LogP contribution in [0.25, 0.3) is 0 Å². The van der Waals surface area contributed by atoms with Crippen LogP contribution in [0.2, 0.25) is 0 Å². The Morgan fingerprint density at radius 1 is 1.17 bits per heavy atom. The molecule has 1 aromatic heterocycles. The summed E-state index contributed by atoms with van der Waals surface area (Å²) in [6.07, 6.45) is 0. The molecule has 0 aliphatic rings. The van der Waals surface area contributed by atoms with Crippen molar-refractivity contribution >= 4 is 5.95 Å². The summed E-state index contributed by atoms with van der Waals surface area (Å²) in [5, 5.41) is 3.12. The van der Waals surface area contributed by atoms with Crippen LogP contribution in [0.1, 0.15) is 22.4 Å². The Kier molecular flexibility index (Phi) is 3.46. The van der Waals surface area contributed by atoms with E-state index in [9.17, 15) is 4.79 Å². The van der Waals surface area contributed by atoms with E-state index in [-0.39, 0.29) is 5.56 Å². The van der Waals surface area contributed by atoms with E-state index in [4.69, 9.17) is 0 Å². The number of anilines is 1. The second kappa shape index (κ2) is 5.04. The van der Waals surface area contributed by atoms with Crippen LogP contribution in [-0.2, 0) is 6.54 Å². The number of rotatable bonds is 3. The third kappa shape index (κ3) is 2.97. The molecule has 0 saturated carbocycles. The van der Waals surface area contributed by atoms with Crippen molar-refractivity contribution in [3.8, 4) is 0 Å². The zero-order chi connectivity index (χ0) is 13.1. The molecule has 0 spiro atoms. The first kappa shape index (κ1) is 12.4. The molecule has 2 rings (SSSR count). The number of benzene rings is 1. The van der Waals surface area contributed by atoms with Crippen molar-refractivity contribution in [3.63, 3.8) is 0 Å². The molecule has 18 heavy (non-hydrogen) atoms. The van der Waals surface area contributed by atoms with E-state index >= 15 is 0 Å². The van der Waals surface area contributed by atoms with Gasteiger partial charge in [-0.3, -0.25) is 9.78 Å². The Labute approximate surface area is 106 Å². The van der Waals surface area contributed by atoms with Gasteiger partial charge in [-0.25, -0.2) is 4.98 Å². The predicted molar refractivity (Wildman–Crippen MR) is 72.8 cm³/mol. The van der Waals surface area contributed by atoms with Crippen LogP contribution in [0.5, 0.6) is 0 Å². The molecule has 0 aliphatic heterocycles. The van der Waals surface area contributed by atoms with Gasteiger partial charge in [-0.2, -0.15) is 0 Å². The SMILES string of the molecule is Cc1cc(=O)[nH]c(NCc2ccc(C)c(C)c2)n1. The maximum atomic E-state index is 11.3. The van der Waals surface area contributed by atoms with E-state index in [0.29, 0.717) is 18.2 Å². The van der Waals surface area contributed by atoms with E-state index in [1.165, 1.54) is 22.8 Å². The maximum Gasteiger partial charge on any atom is 0.252 e. The van der Waals surface area contributed by atoms with E-state index in [0.717, 1.165) is 0 Å². The number of aromatic amines is 1. The monoisotopic (exact) mass is 243 g/mol. The van der Waals surface area contributed by atoms with E-state index in [1.807, 2.05) is 0 Å². The number of hydrogen-bond donors (Lipinski definition) is 2. The van der Waals surface area contributed by atoms with Crippen molar-refractivity contribution in [2.45, 2.75) is 27.3 Å². The first-order valence-electron chi connectivity index (χ1n) is 5.92. The highest BCUT2D eigenvalue weighted by atomic mass is 16.1. The molecule has 94 valence electrons. The summed E-state index contributed by atoms with van der Waals surface area (Å²) in [7, 11) is 0. The van der Waals surface area contributed by atoms with Gasteiger partial charge in [-0.1, -0.05) is 18.2 Å². The van der Waals surface area contributed by atoms with Gasteiger partial charge < -0.3 is 5.32 Å². The largest absolute Gasteiger partial charge is 0.352 e. The number of hydrogen-bond acceptors (Lipinski definition) is 3. The summed E-state index contributed by atoms with van der Waals surface area (Å²) in [5.41, 5.74) is 4.29. The molecule has 2 N–H and O–H groups in total. The molecule has 1 heterocycles. The Morgan fingerprint density at radius 2 is 1.94 bits per heavy atom. The average molecular weight is 243 g/mol. The zero-order valence-electron chi connectivity index (χ0n) is 10.9. The van der Waals surface area contributed by atoms with Crippen molar-refractivity contribution in [2.24, 2.45) is 0 Å². The fourth-order valence-electron chi connectivity index (χ4n) is 1.76. The highest BCUT2D eigenvalue weighted by Gasteiger charge is 1.99. The molecule has 0 amide bonds.